The summed E-state index contributed by atoms with van der Waals surface area (Å²) in [5.74, 6) is 0.709. The number of hydrogen-bond acceptors (Lipinski definition) is 6. The molecule has 194 valence electrons. The SMILES string of the molecule is COc1cc2c(cc1CNC1CCCN(C(=O)OC(C)(C)C)C1c1ccccc1)N(OC)C(=O)CC2. The molecule has 1 N–H and O–H groups in total. The molecule has 0 saturated carbocycles. The van der Waals surface area contributed by atoms with Crippen molar-refractivity contribution >= 4 is 17.7 Å². The van der Waals surface area contributed by atoms with Crippen molar-refractivity contribution in [2.75, 3.05) is 25.8 Å². The maximum Gasteiger partial charge on any atom is 0.410 e. The minimum atomic E-state index is -0.570. The number of hydrogen-bond donors (Lipinski definition) is 1. The van der Waals surface area contributed by atoms with E-state index in [9.17, 15) is 9.59 Å². The number of hydroxylamine groups is 1. The number of nitrogens with zero attached hydrogens (tertiary/aromatic N) is 2. The lowest BCUT2D eigenvalue weighted by Gasteiger charge is -2.42. The summed E-state index contributed by atoms with van der Waals surface area (Å²) >= 11 is 0. The Bertz CT molecular complexity index is 1080. The van der Waals surface area contributed by atoms with Crippen molar-refractivity contribution < 1.29 is 23.9 Å². The molecular weight excluding hydrogens is 458 g/mol. The van der Waals surface area contributed by atoms with Gasteiger partial charge >= 0.3 is 6.09 Å². The second-order valence-electron chi connectivity index (χ2n) is 10.3. The molecule has 2 aliphatic rings. The Morgan fingerprint density at radius 2 is 1.86 bits per heavy atom. The summed E-state index contributed by atoms with van der Waals surface area (Å²) in [7, 11) is 3.16. The van der Waals surface area contributed by atoms with Gasteiger partial charge in [-0.05, 0) is 63.3 Å². The number of fused-ring (bicyclic) bond motifs is 1. The Kier molecular flexibility index (Phi) is 7.85. The lowest BCUT2D eigenvalue weighted by atomic mass is 9.90. The molecule has 2 unspecified atom stereocenters. The predicted octanol–water partition coefficient (Wildman–Crippen LogP) is 4.77. The molecule has 4 rings (SSSR count). The van der Waals surface area contributed by atoms with Crippen LogP contribution in [0.1, 0.15) is 62.8 Å². The maximum atomic E-state index is 13.2. The normalized spacial score (nSPS) is 20.2. The fourth-order valence-corrected chi connectivity index (χ4v) is 5.09. The number of likely N-dealkylation sites (tertiary alicyclic amines) is 1. The molecule has 2 heterocycles. The van der Waals surface area contributed by atoms with E-state index in [2.05, 4.69) is 17.4 Å². The van der Waals surface area contributed by atoms with E-state index in [4.69, 9.17) is 14.3 Å². The fourth-order valence-electron chi connectivity index (χ4n) is 5.09. The number of benzene rings is 2. The van der Waals surface area contributed by atoms with Gasteiger partial charge in [-0.15, -0.1) is 0 Å². The molecule has 2 aromatic carbocycles. The van der Waals surface area contributed by atoms with E-state index in [1.807, 2.05) is 56.0 Å². The van der Waals surface area contributed by atoms with Crippen LogP contribution in [0.25, 0.3) is 0 Å². The summed E-state index contributed by atoms with van der Waals surface area (Å²) in [5.41, 5.74) is 3.20. The average Bonchev–Trinajstić information content (AvgIpc) is 2.86. The van der Waals surface area contributed by atoms with Gasteiger partial charge in [0, 0.05) is 31.1 Å². The molecule has 8 heteroatoms. The van der Waals surface area contributed by atoms with Gasteiger partial charge in [-0.3, -0.25) is 14.5 Å². The van der Waals surface area contributed by atoms with E-state index in [-0.39, 0.29) is 24.1 Å². The van der Waals surface area contributed by atoms with Crippen LogP contribution in [0.3, 0.4) is 0 Å². The number of methoxy groups -OCH3 is 1. The Balaban J connectivity index is 1.61. The zero-order chi connectivity index (χ0) is 25.9. The zero-order valence-corrected chi connectivity index (χ0v) is 21.9. The zero-order valence-electron chi connectivity index (χ0n) is 21.9. The number of nitrogens with one attached hydrogen (secondary N) is 1. The fraction of sp³-hybridized carbons (Fsp3) is 0.500. The first-order valence-corrected chi connectivity index (χ1v) is 12.6. The monoisotopic (exact) mass is 495 g/mol. The highest BCUT2D eigenvalue weighted by atomic mass is 16.7. The van der Waals surface area contributed by atoms with Crippen molar-refractivity contribution in [3.8, 4) is 5.75 Å². The molecular formula is C28H37N3O5. The molecule has 0 aromatic heterocycles. The Labute approximate surface area is 213 Å². The molecule has 0 spiro atoms. The first-order valence-electron chi connectivity index (χ1n) is 12.6. The first kappa shape index (κ1) is 26.0. The molecule has 36 heavy (non-hydrogen) atoms. The summed E-state index contributed by atoms with van der Waals surface area (Å²) in [5, 5.41) is 5.05. The Morgan fingerprint density at radius 1 is 1.11 bits per heavy atom. The minimum absolute atomic E-state index is 0.00886. The van der Waals surface area contributed by atoms with Crippen LogP contribution in [0.15, 0.2) is 42.5 Å². The third-order valence-electron chi connectivity index (χ3n) is 6.67. The van der Waals surface area contributed by atoms with Crippen LogP contribution in [0.2, 0.25) is 0 Å². The molecule has 1 fully saturated rings. The van der Waals surface area contributed by atoms with Gasteiger partial charge in [-0.2, -0.15) is 5.06 Å². The third-order valence-corrected chi connectivity index (χ3v) is 6.67. The van der Waals surface area contributed by atoms with Gasteiger partial charge < -0.3 is 14.8 Å². The first-order chi connectivity index (χ1) is 17.2. The van der Waals surface area contributed by atoms with Crippen LogP contribution in [0.4, 0.5) is 10.5 Å². The summed E-state index contributed by atoms with van der Waals surface area (Å²) in [4.78, 5) is 32.8. The number of ether oxygens (including phenoxy) is 2. The summed E-state index contributed by atoms with van der Waals surface area (Å²) in [6.45, 7) is 6.81. The number of carbonyl (C=O) groups is 2. The van der Waals surface area contributed by atoms with Crippen LogP contribution in [-0.4, -0.2) is 49.3 Å². The number of aryl methyl sites for hydroxylation is 1. The molecule has 2 aliphatic heterocycles. The van der Waals surface area contributed by atoms with E-state index in [1.54, 1.807) is 7.11 Å². The predicted molar refractivity (Wildman–Crippen MR) is 138 cm³/mol. The number of carbonyl (C=O) groups excluding carboxylic acids is 2. The smallest absolute Gasteiger partial charge is 0.410 e. The van der Waals surface area contributed by atoms with E-state index in [1.165, 1.54) is 12.2 Å². The highest BCUT2D eigenvalue weighted by molar-refractivity contribution is 5.94. The highest BCUT2D eigenvalue weighted by Gasteiger charge is 2.37. The van der Waals surface area contributed by atoms with Crippen LogP contribution >= 0.6 is 0 Å². The average molecular weight is 496 g/mol. The molecule has 0 aliphatic carbocycles. The van der Waals surface area contributed by atoms with Crippen molar-refractivity contribution in [1.82, 2.24) is 10.2 Å². The molecule has 2 amide bonds. The van der Waals surface area contributed by atoms with Crippen molar-refractivity contribution in [3.05, 3.63) is 59.2 Å². The summed E-state index contributed by atoms with van der Waals surface area (Å²) < 4.78 is 11.5. The molecule has 8 nitrogen and oxygen atoms in total. The van der Waals surface area contributed by atoms with Gasteiger partial charge in [0.2, 0.25) is 0 Å². The largest absolute Gasteiger partial charge is 0.496 e. The van der Waals surface area contributed by atoms with E-state index in [0.29, 0.717) is 25.9 Å². The second-order valence-corrected chi connectivity index (χ2v) is 10.3. The topological polar surface area (TPSA) is 80.3 Å². The van der Waals surface area contributed by atoms with E-state index >= 15 is 0 Å². The number of piperidine rings is 1. The van der Waals surface area contributed by atoms with E-state index < -0.39 is 5.60 Å². The number of rotatable bonds is 6. The molecule has 2 atom stereocenters. The number of anilines is 1. The Hall–Kier alpha value is -3.10. The quantitative estimate of drug-likeness (QED) is 0.622. The van der Waals surface area contributed by atoms with Gasteiger partial charge in [0.15, 0.2) is 0 Å². The van der Waals surface area contributed by atoms with Crippen molar-refractivity contribution in [2.24, 2.45) is 0 Å². The van der Waals surface area contributed by atoms with Crippen LogP contribution in [-0.2, 0) is 27.3 Å². The summed E-state index contributed by atoms with van der Waals surface area (Å²) in [6.07, 6.45) is 2.54. The molecule has 2 aromatic rings. The second kappa shape index (κ2) is 10.9. The van der Waals surface area contributed by atoms with Crippen molar-refractivity contribution in [1.29, 1.82) is 0 Å². The van der Waals surface area contributed by atoms with Crippen LogP contribution in [0, 0.1) is 0 Å². The molecule has 0 bridgehead atoms. The van der Waals surface area contributed by atoms with Gasteiger partial charge in [-0.25, -0.2) is 4.79 Å². The van der Waals surface area contributed by atoms with Gasteiger partial charge in [-0.1, -0.05) is 30.3 Å². The summed E-state index contributed by atoms with van der Waals surface area (Å²) in [6, 6.07) is 13.9. The molecule has 1 saturated heterocycles. The third kappa shape index (κ3) is 5.65. The van der Waals surface area contributed by atoms with Crippen molar-refractivity contribution in [3.63, 3.8) is 0 Å². The van der Waals surface area contributed by atoms with Gasteiger partial charge in [0.05, 0.1) is 25.9 Å². The van der Waals surface area contributed by atoms with Gasteiger partial charge in [0.25, 0.3) is 5.91 Å². The maximum absolute atomic E-state index is 13.2. The lowest BCUT2D eigenvalue weighted by molar-refractivity contribution is -0.125. The Morgan fingerprint density at radius 3 is 2.53 bits per heavy atom. The van der Waals surface area contributed by atoms with Gasteiger partial charge in [0.1, 0.15) is 11.4 Å². The highest BCUT2D eigenvalue weighted by Crippen LogP contribution is 2.36. The molecule has 0 radical (unpaired) electrons. The number of amides is 2. The van der Waals surface area contributed by atoms with Crippen molar-refractivity contribution in [2.45, 2.75) is 70.7 Å². The van der Waals surface area contributed by atoms with Crippen LogP contribution < -0.4 is 15.1 Å². The van der Waals surface area contributed by atoms with E-state index in [0.717, 1.165) is 41.0 Å². The van der Waals surface area contributed by atoms with Crippen LogP contribution in [0.5, 0.6) is 5.75 Å². The standard InChI is InChI=1S/C28H37N3O5/c1-28(2,3)36-27(33)30-15-9-12-22(26(30)19-10-7-6-8-11-19)29-18-21-16-23-20(17-24(21)34-4)13-14-25(32)31(23)35-5/h6-8,10-11,16-17,22,26,29H,9,12-15,18H2,1-5H3. The lowest BCUT2D eigenvalue weighted by Crippen LogP contribution is -2.51. The minimum Gasteiger partial charge on any atom is -0.496 e.